The van der Waals surface area contributed by atoms with Crippen molar-refractivity contribution in [3.63, 3.8) is 0 Å². The molecule has 8 nitrogen and oxygen atoms in total. The number of rotatable bonds is 4. The van der Waals surface area contributed by atoms with Crippen molar-refractivity contribution >= 4 is 10.9 Å². The summed E-state index contributed by atoms with van der Waals surface area (Å²) < 4.78 is 5.47. The molecule has 1 saturated heterocycles. The lowest BCUT2D eigenvalue weighted by molar-refractivity contribution is -0.214. The summed E-state index contributed by atoms with van der Waals surface area (Å²) in [5.41, 5.74) is 3.30. The number of aliphatic hydroxyl groups is 4. The van der Waals surface area contributed by atoms with Crippen LogP contribution in [0, 0.1) is 23.7 Å². The van der Waals surface area contributed by atoms with Crippen LogP contribution < -0.4 is 0 Å². The number of hydrogen-bond donors (Lipinski definition) is 5. The Labute approximate surface area is 197 Å². The molecule has 0 aliphatic carbocycles. The van der Waals surface area contributed by atoms with Gasteiger partial charge in [-0.05, 0) is 24.7 Å². The molecule has 0 amide bonds. The Morgan fingerprint density at radius 3 is 2.62 bits per heavy atom. The van der Waals surface area contributed by atoms with E-state index in [0.29, 0.717) is 17.6 Å². The summed E-state index contributed by atoms with van der Waals surface area (Å²) in [6.07, 6.45) is -4.70. The van der Waals surface area contributed by atoms with E-state index in [2.05, 4.69) is 50.9 Å². The van der Waals surface area contributed by atoms with Gasteiger partial charge in [-0.15, -0.1) is 0 Å². The largest absolute Gasteiger partial charge is 0.394 e. The number of H-pyrrole nitrogens is 1. The first-order valence-corrected chi connectivity index (χ1v) is 11.0. The van der Waals surface area contributed by atoms with Crippen molar-refractivity contribution in [2.24, 2.45) is 0 Å². The minimum Gasteiger partial charge on any atom is -0.394 e. The molecule has 0 spiro atoms. The maximum Gasteiger partial charge on any atom is 0.147 e. The molecule has 5 N–H and O–H groups in total. The van der Waals surface area contributed by atoms with Crippen molar-refractivity contribution in [2.45, 2.75) is 37.1 Å². The normalized spacial score (nSPS) is 24.4. The van der Waals surface area contributed by atoms with Gasteiger partial charge in [0.25, 0.3) is 0 Å². The second-order valence-electron chi connectivity index (χ2n) is 8.34. The SMILES string of the molecule is CN(CC#Cc1cc(C#C[C@H]2O[C@H](CO)[C@@H](O)[C@H](O)[C@@H]2O)c2[nH]ncc2c1)Cc1ccccc1. The molecule has 34 heavy (non-hydrogen) atoms. The van der Waals surface area contributed by atoms with E-state index < -0.39 is 37.1 Å². The fourth-order valence-electron chi connectivity index (χ4n) is 3.83. The topological polar surface area (TPSA) is 122 Å². The summed E-state index contributed by atoms with van der Waals surface area (Å²) in [7, 11) is 2.01. The third-order valence-corrected chi connectivity index (χ3v) is 5.67. The molecule has 2 heterocycles. The number of benzene rings is 2. The fourth-order valence-corrected chi connectivity index (χ4v) is 3.83. The van der Waals surface area contributed by atoms with Crippen molar-refractivity contribution in [1.29, 1.82) is 0 Å². The Bertz CT molecular complexity index is 1240. The number of nitrogens with zero attached hydrogens (tertiary/aromatic N) is 2. The average Bonchev–Trinajstić information content (AvgIpc) is 3.31. The number of aromatic nitrogens is 2. The van der Waals surface area contributed by atoms with Crippen LogP contribution in [-0.4, -0.2) is 86.2 Å². The summed E-state index contributed by atoms with van der Waals surface area (Å²) in [4.78, 5) is 2.12. The van der Waals surface area contributed by atoms with Crippen LogP contribution in [0.15, 0.2) is 48.7 Å². The van der Waals surface area contributed by atoms with Gasteiger partial charge < -0.3 is 25.2 Å². The van der Waals surface area contributed by atoms with Gasteiger partial charge in [-0.2, -0.15) is 5.10 Å². The molecule has 1 aliphatic rings. The van der Waals surface area contributed by atoms with Crippen molar-refractivity contribution in [3.05, 3.63) is 65.4 Å². The lowest BCUT2D eigenvalue weighted by atomic mass is 9.95. The summed E-state index contributed by atoms with van der Waals surface area (Å²) in [6.45, 7) is 0.883. The van der Waals surface area contributed by atoms with Crippen LogP contribution in [0.1, 0.15) is 16.7 Å². The van der Waals surface area contributed by atoms with Gasteiger partial charge in [-0.25, -0.2) is 0 Å². The number of aliphatic hydroxyl groups excluding tert-OH is 4. The minimum atomic E-state index is -1.47. The van der Waals surface area contributed by atoms with Crippen molar-refractivity contribution < 1.29 is 25.2 Å². The Balaban J connectivity index is 1.52. The van der Waals surface area contributed by atoms with E-state index in [-0.39, 0.29) is 0 Å². The van der Waals surface area contributed by atoms with Gasteiger partial charge in [0.05, 0.1) is 30.4 Å². The predicted octanol–water partition coefficient (Wildman–Crippen LogP) is 0.240. The lowest BCUT2D eigenvalue weighted by Crippen LogP contribution is -2.58. The highest BCUT2D eigenvalue weighted by atomic mass is 16.5. The molecule has 3 aromatic rings. The third-order valence-electron chi connectivity index (χ3n) is 5.67. The standard InChI is InChI=1S/C26H27N3O5/c1-29(15-17-6-3-2-4-7-17)11-5-8-18-12-19(23-20(13-18)14-27-28-23)9-10-21-24(31)26(33)25(32)22(16-30)34-21/h2-4,6-7,12-14,21-22,24-26,30-33H,11,15-16H2,1H3,(H,27,28)/t21-,22-,24-,25-,26-/m1/s1. The zero-order valence-electron chi connectivity index (χ0n) is 18.7. The Hall–Kier alpha value is -3.21. The van der Waals surface area contributed by atoms with Gasteiger partial charge in [0.2, 0.25) is 0 Å². The molecule has 0 saturated carbocycles. The van der Waals surface area contributed by atoms with Crippen molar-refractivity contribution in [1.82, 2.24) is 15.1 Å². The fraction of sp³-hybridized carbons (Fsp3) is 0.346. The van der Waals surface area contributed by atoms with E-state index in [4.69, 9.17) is 4.74 Å². The average molecular weight is 462 g/mol. The first kappa shape index (κ1) is 23.9. The quantitative estimate of drug-likeness (QED) is 0.353. The van der Waals surface area contributed by atoms with E-state index in [0.717, 1.165) is 17.5 Å². The maximum atomic E-state index is 10.2. The third kappa shape index (κ3) is 5.46. The Morgan fingerprint density at radius 2 is 1.85 bits per heavy atom. The molecule has 176 valence electrons. The summed E-state index contributed by atoms with van der Waals surface area (Å²) in [6, 6.07) is 13.9. The van der Waals surface area contributed by atoms with Gasteiger partial charge >= 0.3 is 0 Å². The van der Waals surface area contributed by atoms with E-state index in [1.165, 1.54) is 5.56 Å². The van der Waals surface area contributed by atoms with Gasteiger partial charge in [0.1, 0.15) is 30.5 Å². The Kier molecular flexibility index (Phi) is 7.61. The lowest BCUT2D eigenvalue weighted by Gasteiger charge is -2.37. The van der Waals surface area contributed by atoms with Crippen molar-refractivity contribution in [2.75, 3.05) is 20.2 Å². The van der Waals surface area contributed by atoms with Crippen LogP contribution in [0.4, 0.5) is 0 Å². The predicted molar refractivity (Wildman–Crippen MR) is 126 cm³/mol. The van der Waals surface area contributed by atoms with E-state index in [1.54, 1.807) is 6.20 Å². The Morgan fingerprint density at radius 1 is 1.06 bits per heavy atom. The van der Waals surface area contributed by atoms with Gasteiger partial charge in [0, 0.05) is 17.5 Å². The second kappa shape index (κ2) is 10.8. The number of nitrogens with one attached hydrogen (secondary N) is 1. The molecule has 2 aromatic carbocycles. The van der Waals surface area contributed by atoms with E-state index in [1.807, 2.05) is 37.4 Å². The van der Waals surface area contributed by atoms with Gasteiger partial charge in [-0.3, -0.25) is 10.00 Å². The molecule has 5 atom stereocenters. The van der Waals surface area contributed by atoms with Crippen LogP contribution in [-0.2, 0) is 11.3 Å². The molecular formula is C26H27N3O5. The monoisotopic (exact) mass is 461 g/mol. The number of hydrogen-bond acceptors (Lipinski definition) is 7. The van der Waals surface area contributed by atoms with Crippen LogP contribution in [0.25, 0.3) is 10.9 Å². The first-order valence-electron chi connectivity index (χ1n) is 11.0. The molecule has 0 bridgehead atoms. The van der Waals surface area contributed by atoms with Gasteiger partial charge in [0.15, 0.2) is 0 Å². The number of fused-ring (bicyclic) bond motifs is 1. The molecule has 1 fully saturated rings. The number of aromatic amines is 1. The van der Waals surface area contributed by atoms with Crippen LogP contribution >= 0.6 is 0 Å². The molecule has 0 unspecified atom stereocenters. The summed E-state index contributed by atoms with van der Waals surface area (Å²) in [5.74, 6) is 12.1. The molecule has 8 heteroatoms. The highest BCUT2D eigenvalue weighted by Crippen LogP contribution is 2.22. The number of ether oxygens (including phenoxy) is 1. The summed E-state index contributed by atoms with van der Waals surface area (Å²) >= 11 is 0. The second-order valence-corrected chi connectivity index (χ2v) is 8.34. The highest BCUT2D eigenvalue weighted by molar-refractivity contribution is 5.85. The smallest absolute Gasteiger partial charge is 0.147 e. The molecule has 0 radical (unpaired) electrons. The van der Waals surface area contributed by atoms with Gasteiger partial charge in [-0.1, -0.05) is 54.0 Å². The van der Waals surface area contributed by atoms with E-state index in [9.17, 15) is 20.4 Å². The van der Waals surface area contributed by atoms with E-state index >= 15 is 0 Å². The molecule has 1 aromatic heterocycles. The first-order chi connectivity index (χ1) is 16.5. The zero-order chi connectivity index (χ0) is 24.1. The molecule has 1 aliphatic heterocycles. The molecule has 4 rings (SSSR count). The van der Waals surface area contributed by atoms with Crippen LogP contribution in [0.5, 0.6) is 0 Å². The minimum absolute atomic E-state index is 0.502. The maximum absolute atomic E-state index is 10.2. The molecular weight excluding hydrogens is 434 g/mol. The zero-order valence-corrected chi connectivity index (χ0v) is 18.7. The van der Waals surface area contributed by atoms with Crippen LogP contribution in [0.3, 0.4) is 0 Å². The van der Waals surface area contributed by atoms with Crippen molar-refractivity contribution in [3.8, 4) is 23.7 Å². The summed E-state index contributed by atoms with van der Waals surface area (Å²) in [5, 5.41) is 47.4. The van der Waals surface area contributed by atoms with Crippen LogP contribution in [0.2, 0.25) is 0 Å². The highest BCUT2D eigenvalue weighted by Gasteiger charge is 2.42.